The molecule has 0 saturated heterocycles. The van der Waals surface area contributed by atoms with E-state index >= 15 is 0 Å². The van der Waals surface area contributed by atoms with Gasteiger partial charge in [0.05, 0.1) is 16.6 Å². The van der Waals surface area contributed by atoms with Gasteiger partial charge < -0.3 is 9.13 Å². The number of allylic oxidation sites excluding steroid dienone is 1. The number of fused-ring (bicyclic) bond motifs is 6. The lowest BCUT2D eigenvalue weighted by Crippen LogP contribution is -2.07. The number of aromatic nitrogens is 2. The Kier molecular flexibility index (Phi) is 6.67. The first-order chi connectivity index (χ1) is 24.8. The first-order valence-electron chi connectivity index (χ1n) is 17.5. The largest absolute Gasteiger partial charge is 0.310 e. The number of nitrogens with zero attached hydrogens (tertiary/aromatic N) is 2. The summed E-state index contributed by atoms with van der Waals surface area (Å²) in [5, 5.41) is 3.92. The zero-order chi connectivity index (χ0) is 33.0. The third-order valence-corrected chi connectivity index (χ3v) is 10.5. The fourth-order valence-electron chi connectivity index (χ4n) is 8.11. The summed E-state index contributed by atoms with van der Waals surface area (Å²) in [5.41, 5.74) is 15.1. The van der Waals surface area contributed by atoms with Gasteiger partial charge in [0.2, 0.25) is 0 Å². The maximum Gasteiger partial charge on any atom is 0.0541 e. The topological polar surface area (TPSA) is 9.86 Å². The molecule has 7 aromatic carbocycles. The van der Waals surface area contributed by atoms with Gasteiger partial charge in [-0.25, -0.2) is 0 Å². The van der Waals surface area contributed by atoms with E-state index in [1.165, 1.54) is 83.2 Å². The summed E-state index contributed by atoms with van der Waals surface area (Å²) in [4.78, 5) is 0. The summed E-state index contributed by atoms with van der Waals surface area (Å²) in [5.74, 6) is 0.291. The third kappa shape index (κ3) is 4.64. The average molecular weight is 639 g/mol. The average Bonchev–Trinajstić information content (AvgIpc) is 3.71. The number of hydrogen-bond donors (Lipinski definition) is 0. The quantitative estimate of drug-likeness (QED) is 0.178. The minimum atomic E-state index is 0.291. The van der Waals surface area contributed by atoms with Gasteiger partial charge in [-0.2, -0.15) is 0 Å². The van der Waals surface area contributed by atoms with Crippen molar-refractivity contribution in [2.24, 2.45) is 0 Å². The molecule has 10 rings (SSSR count). The molecule has 2 nitrogen and oxygen atoms in total. The molecule has 0 aliphatic heterocycles. The summed E-state index contributed by atoms with van der Waals surface area (Å²) in [6, 6.07) is 64.0. The number of benzene rings is 7. The first kappa shape index (κ1) is 28.6. The molecule has 0 fully saturated rings. The molecule has 0 radical (unpaired) electrons. The Morgan fingerprint density at radius 1 is 0.400 bits per heavy atom. The Labute approximate surface area is 291 Å². The number of hydrogen-bond acceptors (Lipinski definition) is 0. The van der Waals surface area contributed by atoms with Gasteiger partial charge in [0.15, 0.2) is 0 Å². The van der Waals surface area contributed by atoms with Crippen molar-refractivity contribution in [2.75, 3.05) is 0 Å². The predicted octanol–water partition coefficient (Wildman–Crippen LogP) is 12.4. The molecule has 236 valence electrons. The van der Waals surface area contributed by atoms with Crippen LogP contribution < -0.4 is 0 Å². The number of rotatable bonds is 5. The second-order valence-electron chi connectivity index (χ2n) is 13.3. The maximum atomic E-state index is 2.45. The summed E-state index contributed by atoms with van der Waals surface area (Å²) in [6.07, 6.45) is 5.74. The van der Waals surface area contributed by atoms with E-state index in [2.05, 4.69) is 197 Å². The summed E-state index contributed by atoms with van der Waals surface area (Å²) in [7, 11) is 0. The van der Waals surface area contributed by atoms with Crippen LogP contribution >= 0.6 is 0 Å². The lowest BCUT2D eigenvalue weighted by Gasteiger charge is -2.20. The Hall–Kier alpha value is -6.38. The minimum absolute atomic E-state index is 0.291. The fourth-order valence-corrected chi connectivity index (χ4v) is 8.11. The van der Waals surface area contributed by atoms with Crippen LogP contribution in [0.25, 0.3) is 72.4 Å². The summed E-state index contributed by atoms with van der Waals surface area (Å²) < 4.78 is 4.85. The van der Waals surface area contributed by atoms with Crippen molar-refractivity contribution in [3.63, 3.8) is 0 Å². The summed E-state index contributed by atoms with van der Waals surface area (Å²) >= 11 is 0. The molecular weight excluding hydrogens is 605 g/mol. The van der Waals surface area contributed by atoms with Gasteiger partial charge in [0, 0.05) is 39.1 Å². The minimum Gasteiger partial charge on any atom is -0.310 e. The molecule has 1 atom stereocenters. The molecule has 1 unspecified atom stereocenters. The lowest BCUT2D eigenvalue weighted by atomic mass is 9.86. The smallest absolute Gasteiger partial charge is 0.0541 e. The molecule has 50 heavy (non-hydrogen) atoms. The van der Waals surface area contributed by atoms with E-state index in [1.807, 2.05) is 0 Å². The van der Waals surface area contributed by atoms with Gasteiger partial charge >= 0.3 is 0 Å². The highest BCUT2D eigenvalue weighted by Gasteiger charge is 2.24. The molecule has 9 aromatic rings. The molecule has 2 heterocycles. The van der Waals surface area contributed by atoms with Crippen LogP contribution in [0.2, 0.25) is 0 Å². The van der Waals surface area contributed by atoms with Crippen molar-refractivity contribution in [1.82, 2.24) is 9.13 Å². The van der Waals surface area contributed by atoms with Crippen molar-refractivity contribution in [2.45, 2.75) is 12.3 Å². The standard InChI is InChI=1S/C48H34N2/c1-3-12-33(13-4-1)34-22-24-35(25-23-34)36-14-11-17-40(30-36)50-46-21-10-8-19-42(46)44-32-38(27-29-48(44)50)37-26-28-47-43(31-37)41-18-7-9-20-45(41)49(47)39-15-5-2-6-16-39/h1-31,38H,32H2. The van der Waals surface area contributed by atoms with Crippen molar-refractivity contribution >= 4 is 38.8 Å². The van der Waals surface area contributed by atoms with E-state index in [1.54, 1.807) is 0 Å². The van der Waals surface area contributed by atoms with Crippen molar-refractivity contribution in [3.05, 3.63) is 199 Å². The molecule has 0 saturated carbocycles. The van der Waals surface area contributed by atoms with Crippen molar-refractivity contribution < 1.29 is 0 Å². The van der Waals surface area contributed by atoms with E-state index in [9.17, 15) is 0 Å². The second-order valence-corrected chi connectivity index (χ2v) is 13.3. The Bertz CT molecular complexity index is 2710. The van der Waals surface area contributed by atoms with Crippen LogP contribution in [0.1, 0.15) is 22.7 Å². The van der Waals surface area contributed by atoms with Gasteiger partial charge in [-0.1, -0.05) is 133 Å². The van der Waals surface area contributed by atoms with Gasteiger partial charge in [-0.05, 0) is 94.4 Å². The Morgan fingerprint density at radius 2 is 0.980 bits per heavy atom. The highest BCUT2D eigenvalue weighted by Crippen LogP contribution is 2.41. The normalized spacial score (nSPS) is 14.0. The SMILES string of the molecule is C1=CC(c2ccc3c(c2)c2ccccc2n3-c2ccccc2)Cc2c1n(-c1cccc(-c3ccc(-c4ccccc4)cc3)c1)c1ccccc21. The number of para-hydroxylation sites is 3. The molecule has 0 N–H and O–H groups in total. The van der Waals surface area contributed by atoms with Crippen LogP contribution in [0, 0.1) is 0 Å². The van der Waals surface area contributed by atoms with Crippen molar-refractivity contribution in [3.8, 4) is 33.6 Å². The molecule has 0 amide bonds. The van der Waals surface area contributed by atoms with E-state index < -0.39 is 0 Å². The van der Waals surface area contributed by atoms with E-state index in [0.29, 0.717) is 5.92 Å². The fraction of sp³-hybridized carbons (Fsp3) is 0.0417. The monoisotopic (exact) mass is 638 g/mol. The molecular formula is C48H34N2. The zero-order valence-corrected chi connectivity index (χ0v) is 27.6. The molecule has 0 spiro atoms. The van der Waals surface area contributed by atoms with Gasteiger partial charge in [-0.15, -0.1) is 0 Å². The lowest BCUT2D eigenvalue weighted by molar-refractivity contribution is 0.826. The maximum absolute atomic E-state index is 2.45. The van der Waals surface area contributed by atoms with E-state index in [-0.39, 0.29) is 0 Å². The highest BCUT2D eigenvalue weighted by molar-refractivity contribution is 6.09. The van der Waals surface area contributed by atoms with Crippen LogP contribution in [0.4, 0.5) is 0 Å². The second kappa shape index (κ2) is 11.6. The third-order valence-electron chi connectivity index (χ3n) is 10.5. The van der Waals surface area contributed by atoms with Crippen LogP contribution in [0.3, 0.4) is 0 Å². The molecule has 2 heteroatoms. The zero-order valence-electron chi connectivity index (χ0n) is 27.6. The van der Waals surface area contributed by atoms with Gasteiger partial charge in [0.25, 0.3) is 0 Å². The van der Waals surface area contributed by atoms with Crippen LogP contribution in [-0.4, -0.2) is 9.13 Å². The molecule has 2 aromatic heterocycles. The van der Waals surface area contributed by atoms with Gasteiger partial charge in [0.1, 0.15) is 0 Å². The van der Waals surface area contributed by atoms with Crippen LogP contribution in [0.5, 0.6) is 0 Å². The molecule has 1 aliphatic rings. The first-order valence-corrected chi connectivity index (χ1v) is 17.5. The Balaban J connectivity index is 1.04. The van der Waals surface area contributed by atoms with Gasteiger partial charge in [-0.3, -0.25) is 0 Å². The molecule has 0 bridgehead atoms. The van der Waals surface area contributed by atoms with E-state index in [4.69, 9.17) is 0 Å². The summed E-state index contributed by atoms with van der Waals surface area (Å²) in [6.45, 7) is 0. The van der Waals surface area contributed by atoms with Crippen LogP contribution in [0.15, 0.2) is 182 Å². The molecule has 1 aliphatic carbocycles. The predicted molar refractivity (Wildman–Crippen MR) is 210 cm³/mol. The van der Waals surface area contributed by atoms with Crippen molar-refractivity contribution in [1.29, 1.82) is 0 Å². The van der Waals surface area contributed by atoms with E-state index in [0.717, 1.165) is 6.42 Å². The Morgan fingerprint density at radius 3 is 1.76 bits per heavy atom. The highest BCUT2D eigenvalue weighted by atomic mass is 15.0. The van der Waals surface area contributed by atoms with Crippen LogP contribution in [-0.2, 0) is 6.42 Å².